The first-order valence-corrected chi connectivity index (χ1v) is 7.38. The van der Waals surface area contributed by atoms with Crippen molar-refractivity contribution in [1.29, 1.82) is 0 Å². The lowest BCUT2D eigenvalue weighted by molar-refractivity contribution is 0.104. The van der Waals surface area contributed by atoms with Gasteiger partial charge in [0.2, 0.25) is 0 Å². The van der Waals surface area contributed by atoms with E-state index in [1.165, 1.54) is 0 Å². The fraction of sp³-hybridized carbons (Fsp3) is 0. The number of carbonyl (C=O) groups is 1. The Bertz CT molecular complexity index is 826. The molecule has 20 heavy (non-hydrogen) atoms. The number of halogens is 3. The van der Waals surface area contributed by atoms with Crippen molar-refractivity contribution >= 4 is 55.8 Å². The molecule has 0 aliphatic heterocycles. The third kappa shape index (κ3) is 2.26. The smallest absolute Gasteiger partial charge is 0.196 e. The van der Waals surface area contributed by atoms with Gasteiger partial charge in [0.05, 0.1) is 15.6 Å². The standard InChI is InChI=1S/C15H8BrCl2NO/c16-8-4-5-10(13(18)6-8)15(20)11-7-19-14-9(11)2-1-3-12(14)17/h1-7,19H. The van der Waals surface area contributed by atoms with Gasteiger partial charge < -0.3 is 4.98 Å². The Morgan fingerprint density at radius 3 is 2.60 bits per heavy atom. The number of nitrogens with one attached hydrogen (secondary N) is 1. The molecule has 0 bridgehead atoms. The zero-order valence-corrected chi connectivity index (χ0v) is 13.2. The Labute approximate surface area is 133 Å². The summed E-state index contributed by atoms with van der Waals surface area (Å²) in [7, 11) is 0. The summed E-state index contributed by atoms with van der Waals surface area (Å²) in [5.41, 5.74) is 1.79. The van der Waals surface area contributed by atoms with Gasteiger partial charge in [-0.1, -0.05) is 51.3 Å². The maximum atomic E-state index is 12.6. The van der Waals surface area contributed by atoms with Gasteiger partial charge in [-0.3, -0.25) is 4.79 Å². The van der Waals surface area contributed by atoms with E-state index >= 15 is 0 Å². The number of rotatable bonds is 2. The second kappa shape index (κ2) is 5.24. The van der Waals surface area contributed by atoms with E-state index in [9.17, 15) is 4.79 Å². The number of hydrogen-bond donors (Lipinski definition) is 1. The number of fused-ring (bicyclic) bond motifs is 1. The minimum absolute atomic E-state index is 0.129. The van der Waals surface area contributed by atoms with E-state index in [4.69, 9.17) is 23.2 Å². The van der Waals surface area contributed by atoms with Crippen molar-refractivity contribution in [2.24, 2.45) is 0 Å². The molecule has 5 heteroatoms. The van der Waals surface area contributed by atoms with Crippen LogP contribution >= 0.6 is 39.1 Å². The van der Waals surface area contributed by atoms with Crippen LogP contribution in [0.5, 0.6) is 0 Å². The molecule has 1 N–H and O–H groups in total. The summed E-state index contributed by atoms with van der Waals surface area (Å²) in [5, 5.41) is 1.80. The van der Waals surface area contributed by atoms with Gasteiger partial charge in [0.25, 0.3) is 0 Å². The van der Waals surface area contributed by atoms with Gasteiger partial charge in [0.15, 0.2) is 5.78 Å². The number of aromatic nitrogens is 1. The predicted molar refractivity (Wildman–Crippen MR) is 85.9 cm³/mol. The number of aromatic amines is 1. The van der Waals surface area contributed by atoms with Crippen molar-refractivity contribution in [3.05, 3.63) is 68.2 Å². The Hall–Kier alpha value is -1.29. The molecular weight excluding hydrogens is 361 g/mol. The van der Waals surface area contributed by atoms with Crippen LogP contribution in [-0.2, 0) is 0 Å². The number of para-hydroxylation sites is 1. The summed E-state index contributed by atoms with van der Waals surface area (Å²) in [6, 6.07) is 10.7. The van der Waals surface area contributed by atoms with E-state index in [1.807, 2.05) is 12.1 Å². The summed E-state index contributed by atoms with van der Waals surface area (Å²) in [4.78, 5) is 15.6. The molecule has 0 atom stereocenters. The third-order valence-electron chi connectivity index (χ3n) is 3.09. The molecule has 2 aromatic carbocycles. The summed E-state index contributed by atoms with van der Waals surface area (Å²) in [5.74, 6) is -0.129. The molecule has 0 unspecified atom stereocenters. The fourth-order valence-corrected chi connectivity index (χ4v) is 3.11. The molecule has 2 nitrogen and oxygen atoms in total. The highest BCUT2D eigenvalue weighted by Gasteiger charge is 2.17. The van der Waals surface area contributed by atoms with E-state index in [1.54, 1.807) is 30.5 Å². The Morgan fingerprint density at radius 2 is 1.85 bits per heavy atom. The van der Waals surface area contributed by atoms with Crippen LogP contribution in [0.1, 0.15) is 15.9 Å². The Morgan fingerprint density at radius 1 is 1.05 bits per heavy atom. The molecule has 0 saturated carbocycles. The van der Waals surface area contributed by atoms with Gasteiger partial charge in [-0.15, -0.1) is 0 Å². The van der Waals surface area contributed by atoms with Gasteiger partial charge in [-0.25, -0.2) is 0 Å². The van der Waals surface area contributed by atoms with Crippen LogP contribution in [0.3, 0.4) is 0 Å². The summed E-state index contributed by atoms with van der Waals surface area (Å²) in [6.07, 6.45) is 1.66. The summed E-state index contributed by atoms with van der Waals surface area (Å²) < 4.78 is 0.834. The van der Waals surface area contributed by atoms with Crippen LogP contribution in [0, 0.1) is 0 Å². The molecular formula is C15H8BrCl2NO. The lowest BCUT2D eigenvalue weighted by Crippen LogP contribution is -2.01. The monoisotopic (exact) mass is 367 g/mol. The van der Waals surface area contributed by atoms with Gasteiger partial charge in [0, 0.05) is 27.2 Å². The van der Waals surface area contributed by atoms with E-state index < -0.39 is 0 Å². The van der Waals surface area contributed by atoms with Crippen LogP contribution in [-0.4, -0.2) is 10.8 Å². The van der Waals surface area contributed by atoms with Gasteiger partial charge >= 0.3 is 0 Å². The molecule has 3 aromatic rings. The maximum Gasteiger partial charge on any atom is 0.196 e. The highest BCUT2D eigenvalue weighted by Crippen LogP contribution is 2.29. The average molecular weight is 369 g/mol. The third-order valence-corrected chi connectivity index (χ3v) is 4.21. The highest BCUT2D eigenvalue weighted by molar-refractivity contribution is 9.10. The fourth-order valence-electron chi connectivity index (χ4n) is 2.12. The maximum absolute atomic E-state index is 12.6. The second-order valence-electron chi connectivity index (χ2n) is 4.32. The van der Waals surface area contributed by atoms with Crippen molar-refractivity contribution in [3.63, 3.8) is 0 Å². The molecule has 0 aliphatic carbocycles. The van der Waals surface area contributed by atoms with E-state index in [-0.39, 0.29) is 5.78 Å². The summed E-state index contributed by atoms with van der Waals surface area (Å²) >= 11 is 15.6. The first kappa shape index (κ1) is 13.7. The molecule has 3 rings (SSSR count). The van der Waals surface area contributed by atoms with Crippen LogP contribution in [0.4, 0.5) is 0 Å². The second-order valence-corrected chi connectivity index (χ2v) is 6.05. The predicted octanol–water partition coefficient (Wildman–Crippen LogP) is 5.47. The van der Waals surface area contributed by atoms with E-state index in [0.717, 1.165) is 15.4 Å². The number of hydrogen-bond acceptors (Lipinski definition) is 1. The SMILES string of the molecule is O=C(c1ccc(Br)cc1Cl)c1c[nH]c2c(Cl)cccc12. The van der Waals surface area contributed by atoms with E-state index in [0.29, 0.717) is 21.2 Å². The van der Waals surface area contributed by atoms with Crippen LogP contribution in [0.2, 0.25) is 10.0 Å². The van der Waals surface area contributed by atoms with Crippen molar-refractivity contribution in [1.82, 2.24) is 4.98 Å². The van der Waals surface area contributed by atoms with Crippen LogP contribution < -0.4 is 0 Å². The topological polar surface area (TPSA) is 32.9 Å². The molecule has 100 valence electrons. The largest absolute Gasteiger partial charge is 0.359 e. The van der Waals surface area contributed by atoms with Crippen molar-refractivity contribution in [2.75, 3.05) is 0 Å². The zero-order valence-electron chi connectivity index (χ0n) is 10.1. The first-order valence-electron chi connectivity index (χ1n) is 5.83. The molecule has 0 radical (unpaired) electrons. The molecule has 0 saturated heterocycles. The highest BCUT2D eigenvalue weighted by atomic mass is 79.9. The van der Waals surface area contributed by atoms with E-state index in [2.05, 4.69) is 20.9 Å². The number of H-pyrrole nitrogens is 1. The van der Waals surface area contributed by atoms with Crippen LogP contribution in [0.25, 0.3) is 10.9 Å². The van der Waals surface area contributed by atoms with Gasteiger partial charge in [-0.05, 0) is 24.3 Å². The number of ketones is 1. The molecule has 0 spiro atoms. The number of benzene rings is 2. The molecule has 0 amide bonds. The quantitative estimate of drug-likeness (QED) is 0.598. The molecule has 1 aromatic heterocycles. The lowest BCUT2D eigenvalue weighted by Gasteiger charge is -2.03. The van der Waals surface area contributed by atoms with Crippen LogP contribution in [0.15, 0.2) is 47.1 Å². The minimum Gasteiger partial charge on any atom is -0.359 e. The molecule has 0 aliphatic rings. The Kier molecular flexibility index (Phi) is 3.59. The zero-order chi connectivity index (χ0) is 14.3. The Balaban J connectivity index is 2.16. The van der Waals surface area contributed by atoms with Crippen molar-refractivity contribution in [2.45, 2.75) is 0 Å². The van der Waals surface area contributed by atoms with Crippen molar-refractivity contribution in [3.8, 4) is 0 Å². The normalized spacial score (nSPS) is 10.9. The minimum atomic E-state index is -0.129. The van der Waals surface area contributed by atoms with Gasteiger partial charge in [0.1, 0.15) is 0 Å². The average Bonchev–Trinajstić information content (AvgIpc) is 2.83. The molecule has 0 fully saturated rings. The summed E-state index contributed by atoms with van der Waals surface area (Å²) in [6.45, 7) is 0. The van der Waals surface area contributed by atoms with Crippen molar-refractivity contribution < 1.29 is 4.79 Å². The molecule has 1 heterocycles. The lowest BCUT2D eigenvalue weighted by atomic mass is 10.0. The first-order chi connectivity index (χ1) is 9.58. The van der Waals surface area contributed by atoms with Gasteiger partial charge in [-0.2, -0.15) is 0 Å². The number of carbonyl (C=O) groups excluding carboxylic acids is 1.